The second-order valence-corrected chi connectivity index (χ2v) is 4.44. The first-order valence-electron chi connectivity index (χ1n) is 6.98. The fourth-order valence-electron chi connectivity index (χ4n) is 1.96. The summed E-state index contributed by atoms with van der Waals surface area (Å²) < 4.78 is 0. The minimum atomic E-state index is -0.0713. The van der Waals surface area contributed by atoms with Gasteiger partial charge in [-0.05, 0) is 38.0 Å². The molecule has 0 fully saturated rings. The molecule has 110 valence electrons. The van der Waals surface area contributed by atoms with Gasteiger partial charge in [-0.15, -0.1) is 0 Å². The molecule has 0 aromatic heterocycles. The number of hydrogen-bond acceptors (Lipinski definition) is 2. The molecular formula is C15H24N4O. The summed E-state index contributed by atoms with van der Waals surface area (Å²) in [6.45, 7) is 6.45. The molecule has 0 aliphatic rings. The first kappa shape index (κ1) is 16.0. The standard InChI is InChI=1S/C15H24N4O/c1-4-19(5-2)15(16)18-10-9-12-7-6-8-13(11-12)14(20)17-3/h6-8,11H,4-5,9-10H2,1-3H3,(H2,16,18)(H,17,20). The molecule has 3 N–H and O–H groups in total. The Morgan fingerprint density at radius 2 is 2.05 bits per heavy atom. The van der Waals surface area contributed by atoms with Crippen molar-refractivity contribution >= 4 is 11.9 Å². The van der Waals surface area contributed by atoms with E-state index < -0.39 is 0 Å². The van der Waals surface area contributed by atoms with Crippen LogP contribution in [-0.2, 0) is 6.42 Å². The van der Waals surface area contributed by atoms with Crippen LogP contribution < -0.4 is 11.1 Å². The molecular weight excluding hydrogens is 252 g/mol. The van der Waals surface area contributed by atoms with Crippen molar-refractivity contribution in [3.63, 3.8) is 0 Å². The monoisotopic (exact) mass is 276 g/mol. The Morgan fingerprint density at radius 3 is 2.65 bits per heavy atom. The molecule has 0 unspecified atom stereocenters. The fourth-order valence-corrected chi connectivity index (χ4v) is 1.96. The molecule has 1 aromatic carbocycles. The summed E-state index contributed by atoms with van der Waals surface area (Å²) in [5.41, 5.74) is 7.67. The maximum absolute atomic E-state index is 11.5. The van der Waals surface area contributed by atoms with E-state index in [1.807, 2.05) is 23.1 Å². The molecule has 0 saturated heterocycles. The minimum absolute atomic E-state index is 0.0713. The van der Waals surface area contributed by atoms with E-state index in [4.69, 9.17) is 5.73 Å². The number of amides is 1. The summed E-state index contributed by atoms with van der Waals surface area (Å²) in [4.78, 5) is 17.9. The zero-order valence-electron chi connectivity index (χ0n) is 12.5. The Kier molecular flexibility index (Phi) is 6.56. The molecule has 0 atom stereocenters. The third-order valence-corrected chi connectivity index (χ3v) is 3.18. The lowest BCUT2D eigenvalue weighted by Gasteiger charge is -2.19. The normalized spacial score (nSPS) is 11.2. The first-order chi connectivity index (χ1) is 9.62. The maximum atomic E-state index is 11.5. The number of nitrogens with zero attached hydrogens (tertiary/aromatic N) is 2. The number of carbonyl (C=O) groups excluding carboxylic acids is 1. The van der Waals surface area contributed by atoms with Gasteiger partial charge in [0.05, 0.1) is 0 Å². The summed E-state index contributed by atoms with van der Waals surface area (Å²) in [7, 11) is 1.63. The lowest BCUT2D eigenvalue weighted by molar-refractivity contribution is 0.0963. The van der Waals surface area contributed by atoms with Crippen molar-refractivity contribution in [2.45, 2.75) is 20.3 Å². The molecule has 0 aliphatic carbocycles. The average molecular weight is 276 g/mol. The third kappa shape index (κ3) is 4.57. The number of nitrogens with two attached hydrogens (primary N) is 1. The Bertz CT molecular complexity index is 467. The number of hydrogen-bond donors (Lipinski definition) is 2. The Labute approximate surface area is 120 Å². The third-order valence-electron chi connectivity index (χ3n) is 3.18. The fraction of sp³-hybridized carbons (Fsp3) is 0.467. The molecule has 0 aliphatic heterocycles. The zero-order chi connectivity index (χ0) is 15.0. The lowest BCUT2D eigenvalue weighted by atomic mass is 10.1. The predicted molar refractivity (Wildman–Crippen MR) is 82.9 cm³/mol. The highest BCUT2D eigenvalue weighted by molar-refractivity contribution is 5.94. The number of rotatable bonds is 6. The molecule has 0 bridgehead atoms. The highest BCUT2D eigenvalue weighted by Crippen LogP contribution is 2.06. The molecule has 1 rings (SSSR count). The SMILES string of the molecule is CCN(CC)C(N)=NCCc1cccc(C(=O)NC)c1. The number of nitrogens with one attached hydrogen (secondary N) is 1. The van der Waals surface area contributed by atoms with Crippen LogP contribution >= 0.6 is 0 Å². The average Bonchev–Trinajstić information content (AvgIpc) is 2.48. The summed E-state index contributed by atoms with van der Waals surface area (Å²) in [6.07, 6.45) is 0.771. The van der Waals surface area contributed by atoms with E-state index >= 15 is 0 Å². The Balaban J connectivity index is 2.62. The molecule has 0 radical (unpaired) electrons. The predicted octanol–water partition coefficient (Wildman–Crippen LogP) is 1.25. The van der Waals surface area contributed by atoms with E-state index in [2.05, 4.69) is 24.2 Å². The van der Waals surface area contributed by atoms with Crippen LogP contribution in [-0.4, -0.2) is 43.4 Å². The summed E-state index contributed by atoms with van der Waals surface area (Å²) in [5, 5.41) is 2.62. The maximum Gasteiger partial charge on any atom is 0.251 e. The number of aliphatic imine (C=N–C) groups is 1. The molecule has 20 heavy (non-hydrogen) atoms. The molecule has 0 heterocycles. The molecule has 5 heteroatoms. The number of benzene rings is 1. The second-order valence-electron chi connectivity index (χ2n) is 4.44. The van der Waals surface area contributed by atoms with Crippen molar-refractivity contribution in [1.82, 2.24) is 10.2 Å². The van der Waals surface area contributed by atoms with Crippen LogP contribution in [0.15, 0.2) is 29.3 Å². The van der Waals surface area contributed by atoms with Crippen LogP contribution in [0, 0.1) is 0 Å². The van der Waals surface area contributed by atoms with Gasteiger partial charge >= 0.3 is 0 Å². The van der Waals surface area contributed by atoms with E-state index in [1.165, 1.54) is 0 Å². The first-order valence-corrected chi connectivity index (χ1v) is 6.98. The van der Waals surface area contributed by atoms with Gasteiger partial charge in [0, 0.05) is 32.2 Å². The molecule has 1 amide bonds. The molecule has 0 spiro atoms. The van der Waals surface area contributed by atoms with Crippen LogP contribution in [0.4, 0.5) is 0 Å². The van der Waals surface area contributed by atoms with E-state index in [-0.39, 0.29) is 5.91 Å². The number of carbonyl (C=O) groups is 1. The second kappa shape index (κ2) is 8.19. The number of guanidine groups is 1. The van der Waals surface area contributed by atoms with E-state index in [0.29, 0.717) is 18.1 Å². The van der Waals surface area contributed by atoms with Crippen molar-refractivity contribution in [2.24, 2.45) is 10.7 Å². The van der Waals surface area contributed by atoms with Crippen molar-refractivity contribution in [3.05, 3.63) is 35.4 Å². The van der Waals surface area contributed by atoms with Crippen LogP contribution in [0.2, 0.25) is 0 Å². The van der Waals surface area contributed by atoms with Crippen molar-refractivity contribution < 1.29 is 4.79 Å². The summed E-state index contributed by atoms with van der Waals surface area (Å²) in [5.74, 6) is 0.510. The van der Waals surface area contributed by atoms with Crippen LogP contribution in [0.25, 0.3) is 0 Å². The highest BCUT2D eigenvalue weighted by atomic mass is 16.1. The zero-order valence-corrected chi connectivity index (χ0v) is 12.5. The topological polar surface area (TPSA) is 70.7 Å². The van der Waals surface area contributed by atoms with Gasteiger partial charge in [-0.3, -0.25) is 9.79 Å². The lowest BCUT2D eigenvalue weighted by Crippen LogP contribution is -2.37. The summed E-state index contributed by atoms with van der Waals surface area (Å²) in [6, 6.07) is 7.57. The van der Waals surface area contributed by atoms with Gasteiger partial charge < -0.3 is 16.0 Å². The highest BCUT2D eigenvalue weighted by Gasteiger charge is 2.04. The van der Waals surface area contributed by atoms with Gasteiger partial charge in [0.2, 0.25) is 0 Å². The van der Waals surface area contributed by atoms with Gasteiger partial charge in [-0.25, -0.2) is 0 Å². The van der Waals surface area contributed by atoms with Gasteiger partial charge in [-0.1, -0.05) is 12.1 Å². The largest absolute Gasteiger partial charge is 0.370 e. The Hall–Kier alpha value is -2.04. The minimum Gasteiger partial charge on any atom is -0.370 e. The van der Waals surface area contributed by atoms with Gasteiger partial charge in [0.1, 0.15) is 0 Å². The van der Waals surface area contributed by atoms with Crippen molar-refractivity contribution in [3.8, 4) is 0 Å². The molecule has 0 saturated carbocycles. The van der Waals surface area contributed by atoms with E-state index in [1.54, 1.807) is 13.1 Å². The smallest absolute Gasteiger partial charge is 0.251 e. The summed E-state index contributed by atoms with van der Waals surface area (Å²) >= 11 is 0. The molecule has 5 nitrogen and oxygen atoms in total. The van der Waals surface area contributed by atoms with E-state index in [0.717, 1.165) is 25.1 Å². The Morgan fingerprint density at radius 1 is 1.35 bits per heavy atom. The van der Waals surface area contributed by atoms with Gasteiger partial charge in [0.25, 0.3) is 5.91 Å². The van der Waals surface area contributed by atoms with Crippen molar-refractivity contribution in [2.75, 3.05) is 26.7 Å². The van der Waals surface area contributed by atoms with Crippen LogP contribution in [0.1, 0.15) is 29.8 Å². The molecule has 1 aromatic rings. The van der Waals surface area contributed by atoms with Gasteiger partial charge in [-0.2, -0.15) is 0 Å². The van der Waals surface area contributed by atoms with E-state index in [9.17, 15) is 4.79 Å². The van der Waals surface area contributed by atoms with Gasteiger partial charge in [0.15, 0.2) is 5.96 Å². The van der Waals surface area contributed by atoms with Crippen LogP contribution in [0.3, 0.4) is 0 Å². The van der Waals surface area contributed by atoms with Crippen LogP contribution in [0.5, 0.6) is 0 Å². The quantitative estimate of drug-likeness (QED) is 0.607. The van der Waals surface area contributed by atoms with Crippen molar-refractivity contribution in [1.29, 1.82) is 0 Å².